The van der Waals surface area contributed by atoms with Crippen molar-refractivity contribution in [2.45, 2.75) is 19.3 Å². The van der Waals surface area contributed by atoms with E-state index in [2.05, 4.69) is 231 Å². The molecule has 0 saturated heterocycles. The van der Waals surface area contributed by atoms with Crippen LogP contribution >= 0.6 is 11.3 Å². The molecule has 0 fully saturated rings. The molecule has 2 heteroatoms. The lowest BCUT2D eigenvalue weighted by atomic mass is 9.81. The summed E-state index contributed by atoms with van der Waals surface area (Å²) in [6.45, 7) is 4.75. The molecule has 0 aliphatic heterocycles. The predicted octanol–water partition coefficient (Wildman–Crippen LogP) is 16.5. The molecule has 1 heterocycles. The molecule has 1 aliphatic carbocycles. The number of thiophene rings is 1. The summed E-state index contributed by atoms with van der Waals surface area (Å²) in [6, 6.07) is 78.1. The van der Waals surface area contributed by atoms with Crippen molar-refractivity contribution in [3.63, 3.8) is 0 Å². The van der Waals surface area contributed by atoms with Crippen LogP contribution in [0.1, 0.15) is 25.0 Å². The van der Waals surface area contributed by atoms with E-state index < -0.39 is 0 Å². The second-order valence-corrected chi connectivity index (χ2v) is 17.3. The summed E-state index contributed by atoms with van der Waals surface area (Å²) in [6.07, 6.45) is 0. The van der Waals surface area contributed by atoms with Crippen LogP contribution in [0.2, 0.25) is 0 Å². The maximum atomic E-state index is 2.43. The van der Waals surface area contributed by atoms with Gasteiger partial charge in [-0.1, -0.05) is 159 Å². The number of hydrogen-bond acceptors (Lipinski definition) is 2. The summed E-state index contributed by atoms with van der Waals surface area (Å²) in [5, 5.41) is 2.64. The van der Waals surface area contributed by atoms with Gasteiger partial charge < -0.3 is 4.90 Å². The number of benzene rings is 9. The van der Waals surface area contributed by atoms with E-state index in [1.165, 1.54) is 86.9 Å². The maximum Gasteiger partial charge on any atom is 0.0465 e. The van der Waals surface area contributed by atoms with E-state index in [-0.39, 0.29) is 5.41 Å². The number of hydrogen-bond donors (Lipinski definition) is 0. The largest absolute Gasteiger partial charge is 0.310 e. The number of fused-ring (bicyclic) bond motifs is 6. The van der Waals surface area contributed by atoms with E-state index in [1.54, 1.807) is 0 Å². The smallest absolute Gasteiger partial charge is 0.0465 e. The molecule has 1 aromatic heterocycles. The molecular weight excluding hydrogens is 731 g/mol. The third-order valence-electron chi connectivity index (χ3n) is 12.3. The minimum Gasteiger partial charge on any atom is -0.310 e. The van der Waals surface area contributed by atoms with Crippen LogP contribution in [0.4, 0.5) is 17.1 Å². The van der Waals surface area contributed by atoms with E-state index >= 15 is 0 Å². The highest BCUT2D eigenvalue weighted by Gasteiger charge is 2.36. The second kappa shape index (κ2) is 14.1. The van der Waals surface area contributed by atoms with E-state index in [9.17, 15) is 0 Å². The zero-order chi connectivity index (χ0) is 39.5. The molecule has 0 saturated carbocycles. The van der Waals surface area contributed by atoms with E-state index in [1.807, 2.05) is 11.3 Å². The molecule has 0 bridgehead atoms. The third-order valence-corrected chi connectivity index (χ3v) is 13.4. The van der Waals surface area contributed by atoms with Crippen molar-refractivity contribution in [2.24, 2.45) is 0 Å². The Bertz CT molecular complexity index is 3160. The first-order valence-electron chi connectivity index (χ1n) is 20.4. The summed E-state index contributed by atoms with van der Waals surface area (Å²) in [7, 11) is 0. The highest BCUT2D eigenvalue weighted by molar-refractivity contribution is 7.25. The fraction of sp³-hybridized carbons (Fsp3) is 0.0526. The number of rotatable bonds is 7. The van der Waals surface area contributed by atoms with Gasteiger partial charge in [0.15, 0.2) is 0 Å². The normalized spacial score (nSPS) is 12.7. The molecule has 0 N–H and O–H groups in total. The minimum absolute atomic E-state index is 0.168. The molecule has 0 spiro atoms. The van der Waals surface area contributed by atoms with Crippen molar-refractivity contribution >= 4 is 48.6 Å². The van der Waals surface area contributed by atoms with Crippen LogP contribution in [0.5, 0.6) is 0 Å². The molecule has 11 rings (SSSR count). The SMILES string of the molecule is CC1(C)c2cc(-c3ccccc3)ccc2-c2ccc(N(c3ccc(-c4cccc(-c5ccccc5)c4)cc3)c3ccc(-c4ccc5sc6ccccc6c5c4)cc3)cc21. The molecule has 1 aliphatic rings. The average Bonchev–Trinajstić information content (AvgIpc) is 3.78. The molecule has 0 amide bonds. The van der Waals surface area contributed by atoms with Crippen molar-refractivity contribution < 1.29 is 0 Å². The molecule has 1 nitrogen and oxygen atoms in total. The van der Waals surface area contributed by atoms with Gasteiger partial charge in [0.1, 0.15) is 0 Å². The highest BCUT2D eigenvalue weighted by atomic mass is 32.1. The van der Waals surface area contributed by atoms with Crippen molar-refractivity contribution in [3.8, 4) is 55.6 Å². The van der Waals surface area contributed by atoms with Gasteiger partial charge in [-0.05, 0) is 133 Å². The van der Waals surface area contributed by atoms with Crippen LogP contribution in [-0.4, -0.2) is 0 Å². The first kappa shape index (κ1) is 35.2. The number of nitrogens with zero attached hydrogens (tertiary/aromatic N) is 1. The first-order chi connectivity index (χ1) is 29.0. The lowest BCUT2D eigenvalue weighted by molar-refractivity contribution is 0.660. The second-order valence-electron chi connectivity index (χ2n) is 16.2. The number of anilines is 3. The average molecular weight is 772 g/mol. The van der Waals surface area contributed by atoms with Gasteiger partial charge in [-0.3, -0.25) is 0 Å². The van der Waals surface area contributed by atoms with Gasteiger partial charge in [-0.2, -0.15) is 0 Å². The van der Waals surface area contributed by atoms with Crippen molar-refractivity contribution in [1.29, 1.82) is 0 Å². The van der Waals surface area contributed by atoms with Gasteiger partial charge in [0.2, 0.25) is 0 Å². The Morgan fingerprint density at radius 3 is 1.41 bits per heavy atom. The van der Waals surface area contributed by atoms with E-state index in [0.717, 1.165) is 17.1 Å². The van der Waals surface area contributed by atoms with Crippen LogP contribution in [0.3, 0.4) is 0 Å². The van der Waals surface area contributed by atoms with Crippen LogP contribution in [0, 0.1) is 0 Å². The Labute approximate surface area is 350 Å². The third kappa shape index (κ3) is 6.16. The molecule has 10 aromatic rings. The lowest BCUT2D eigenvalue weighted by Crippen LogP contribution is -2.16. The zero-order valence-electron chi connectivity index (χ0n) is 33.1. The van der Waals surface area contributed by atoms with Crippen molar-refractivity contribution in [1.82, 2.24) is 0 Å². The van der Waals surface area contributed by atoms with Crippen LogP contribution in [0.15, 0.2) is 212 Å². The molecule has 0 unspecified atom stereocenters. The minimum atomic E-state index is -0.168. The van der Waals surface area contributed by atoms with Gasteiger partial charge in [0.25, 0.3) is 0 Å². The highest BCUT2D eigenvalue weighted by Crippen LogP contribution is 2.52. The summed E-state index contributed by atoms with van der Waals surface area (Å²) >= 11 is 1.86. The fourth-order valence-electron chi connectivity index (χ4n) is 9.14. The van der Waals surface area contributed by atoms with E-state index in [0.29, 0.717) is 0 Å². The Kier molecular flexibility index (Phi) is 8.43. The Morgan fingerprint density at radius 1 is 0.322 bits per heavy atom. The first-order valence-corrected chi connectivity index (χ1v) is 21.2. The van der Waals surface area contributed by atoms with Gasteiger partial charge in [0, 0.05) is 42.6 Å². The molecule has 0 atom stereocenters. The maximum absolute atomic E-state index is 2.43. The summed E-state index contributed by atoms with van der Waals surface area (Å²) < 4.78 is 2.66. The topological polar surface area (TPSA) is 3.24 Å². The molecule has 0 radical (unpaired) electrons. The van der Waals surface area contributed by atoms with Gasteiger partial charge in [0.05, 0.1) is 0 Å². The summed E-state index contributed by atoms with van der Waals surface area (Å²) in [5.41, 5.74) is 18.4. The van der Waals surface area contributed by atoms with Crippen molar-refractivity contribution in [3.05, 3.63) is 223 Å². The Morgan fingerprint density at radius 2 is 0.763 bits per heavy atom. The zero-order valence-corrected chi connectivity index (χ0v) is 33.9. The summed E-state index contributed by atoms with van der Waals surface area (Å²) in [4.78, 5) is 2.41. The van der Waals surface area contributed by atoms with Gasteiger partial charge in [-0.25, -0.2) is 0 Å². The lowest BCUT2D eigenvalue weighted by Gasteiger charge is -2.28. The monoisotopic (exact) mass is 771 g/mol. The van der Waals surface area contributed by atoms with Crippen molar-refractivity contribution in [2.75, 3.05) is 4.90 Å². The quantitative estimate of drug-likeness (QED) is 0.156. The Hall–Kier alpha value is -7.00. The summed E-state index contributed by atoms with van der Waals surface area (Å²) in [5.74, 6) is 0. The van der Waals surface area contributed by atoms with Gasteiger partial charge in [-0.15, -0.1) is 11.3 Å². The predicted molar refractivity (Wildman–Crippen MR) is 253 cm³/mol. The molecular formula is C57H41NS. The molecule has 280 valence electrons. The molecule has 9 aromatic carbocycles. The van der Waals surface area contributed by atoms with E-state index in [4.69, 9.17) is 0 Å². The van der Waals surface area contributed by atoms with Gasteiger partial charge >= 0.3 is 0 Å². The standard InChI is InChI=1S/C57H41NS/c1-57(2)53-36-45(39-14-7-4-8-15-39)24-31-49(53)50-32-30-48(37-54(50)57)58(46-26-20-40(21-27-46)43-17-11-16-42(34-43)38-12-5-3-6-13-38)47-28-22-41(23-29-47)44-25-33-56-52(35-44)51-18-9-10-19-55(51)59-56/h3-37H,1-2H3. The van der Waals surface area contributed by atoms with Crippen LogP contribution in [0.25, 0.3) is 75.8 Å². The molecule has 59 heavy (non-hydrogen) atoms. The van der Waals surface area contributed by atoms with Crippen LogP contribution < -0.4 is 4.90 Å². The Balaban J connectivity index is 0.991. The van der Waals surface area contributed by atoms with Crippen LogP contribution in [-0.2, 0) is 5.41 Å². The fourth-order valence-corrected chi connectivity index (χ4v) is 10.2.